The molecule has 0 heterocycles. The van der Waals surface area contributed by atoms with Gasteiger partial charge in [0.15, 0.2) is 0 Å². The second-order valence-corrected chi connectivity index (χ2v) is 5.82. The molecule has 118 valence electrons. The average molecular weight is 372 g/mol. The van der Waals surface area contributed by atoms with E-state index in [9.17, 15) is 4.79 Å². The fraction of sp³-hybridized carbons (Fsp3) is 0.111. The van der Waals surface area contributed by atoms with Gasteiger partial charge in [0.25, 0.3) is 5.91 Å². The van der Waals surface area contributed by atoms with E-state index >= 15 is 0 Å². The maximum atomic E-state index is 11.7. The summed E-state index contributed by atoms with van der Waals surface area (Å²) in [6, 6.07) is 17.7. The highest BCUT2D eigenvalue weighted by Crippen LogP contribution is 2.12. The number of nitrogens with one attached hydrogen (secondary N) is 2. The van der Waals surface area contributed by atoms with Gasteiger partial charge in [-0.3, -0.25) is 4.79 Å². The number of halogens is 1. The normalized spacial score (nSPS) is 11.5. The van der Waals surface area contributed by atoms with E-state index in [1.807, 2.05) is 67.6 Å². The summed E-state index contributed by atoms with van der Waals surface area (Å²) in [4.78, 5) is 11.7. The fourth-order valence-electron chi connectivity index (χ4n) is 1.90. The highest BCUT2D eigenvalue weighted by atomic mass is 79.9. The first-order chi connectivity index (χ1) is 11.1. The minimum Gasteiger partial charge on any atom is -0.376 e. The van der Waals surface area contributed by atoms with Crippen molar-refractivity contribution in [2.24, 2.45) is 5.10 Å². The van der Waals surface area contributed by atoms with Gasteiger partial charge in [0.2, 0.25) is 0 Å². The predicted octanol–water partition coefficient (Wildman–Crippen LogP) is 3.94. The molecule has 2 aromatic rings. The number of carbonyl (C=O) groups is 1. The summed E-state index contributed by atoms with van der Waals surface area (Å²) in [5, 5.41) is 7.00. The number of allylic oxidation sites excluding steroid dienone is 1. The van der Waals surface area contributed by atoms with Crippen molar-refractivity contribution in [2.75, 3.05) is 11.9 Å². The van der Waals surface area contributed by atoms with Crippen LogP contribution in [0.25, 0.3) is 6.08 Å². The zero-order chi connectivity index (χ0) is 16.5. The Balaban J connectivity index is 1.80. The van der Waals surface area contributed by atoms with Crippen LogP contribution in [0.2, 0.25) is 0 Å². The summed E-state index contributed by atoms with van der Waals surface area (Å²) in [6.07, 6.45) is 3.47. The molecule has 0 aliphatic carbocycles. The Kier molecular flexibility index (Phi) is 6.56. The molecule has 2 aromatic carbocycles. The first-order valence-corrected chi connectivity index (χ1v) is 7.98. The third-order valence-corrected chi connectivity index (χ3v) is 3.50. The van der Waals surface area contributed by atoms with Gasteiger partial charge in [-0.2, -0.15) is 5.10 Å². The van der Waals surface area contributed by atoms with Gasteiger partial charge in [0, 0.05) is 10.2 Å². The molecule has 4 nitrogen and oxygen atoms in total. The minimum absolute atomic E-state index is 0.169. The molecule has 0 aliphatic heterocycles. The highest BCUT2D eigenvalue weighted by Gasteiger charge is 2.01. The quantitative estimate of drug-likeness (QED) is 0.596. The number of rotatable bonds is 6. The van der Waals surface area contributed by atoms with Gasteiger partial charge in [0.05, 0.1) is 12.8 Å². The number of hydrogen-bond acceptors (Lipinski definition) is 3. The fourth-order valence-corrected chi connectivity index (χ4v) is 2.26. The number of para-hydroxylation sites is 1. The van der Waals surface area contributed by atoms with Crippen molar-refractivity contribution in [2.45, 2.75) is 6.92 Å². The Labute approximate surface area is 144 Å². The van der Waals surface area contributed by atoms with E-state index in [1.54, 1.807) is 6.21 Å². The van der Waals surface area contributed by atoms with Gasteiger partial charge in [-0.15, -0.1) is 0 Å². The summed E-state index contributed by atoms with van der Waals surface area (Å²) in [5.41, 5.74) is 5.58. The molecule has 1 amide bonds. The van der Waals surface area contributed by atoms with Crippen LogP contribution in [0.3, 0.4) is 0 Å². The number of hydrogen-bond donors (Lipinski definition) is 2. The van der Waals surface area contributed by atoms with E-state index in [0.29, 0.717) is 0 Å². The molecular formula is C18H18BrN3O. The van der Waals surface area contributed by atoms with Crippen LogP contribution < -0.4 is 10.7 Å². The first-order valence-electron chi connectivity index (χ1n) is 7.19. The number of nitrogens with zero attached hydrogens (tertiary/aromatic N) is 1. The van der Waals surface area contributed by atoms with Crippen LogP contribution in [0.4, 0.5) is 5.69 Å². The molecule has 0 aromatic heterocycles. The molecule has 2 N–H and O–H groups in total. The van der Waals surface area contributed by atoms with Crippen molar-refractivity contribution in [3.8, 4) is 0 Å². The minimum atomic E-state index is -0.204. The number of anilines is 1. The average Bonchev–Trinajstić information content (AvgIpc) is 2.55. The van der Waals surface area contributed by atoms with Gasteiger partial charge in [-0.05, 0) is 46.1 Å². The van der Waals surface area contributed by atoms with Crippen molar-refractivity contribution in [1.82, 2.24) is 5.43 Å². The second-order valence-electron chi connectivity index (χ2n) is 4.90. The smallest absolute Gasteiger partial charge is 0.259 e. The summed E-state index contributed by atoms with van der Waals surface area (Å²) in [5.74, 6) is -0.204. The predicted molar refractivity (Wildman–Crippen MR) is 99.6 cm³/mol. The van der Waals surface area contributed by atoms with Crippen molar-refractivity contribution in [3.05, 3.63) is 70.2 Å². The van der Waals surface area contributed by atoms with Crippen LogP contribution >= 0.6 is 15.9 Å². The van der Waals surface area contributed by atoms with Gasteiger partial charge >= 0.3 is 0 Å². The molecule has 0 radical (unpaired) electrons. The van der Waals surface area contributed by atoms with Gasteiger partial charge in [-0.1, -0.05) is 48.5 Å². The van der Waals surface area contributed by atoms with E-state index in [2.05, 4.69) is 31.8 Å². The van der Waals surface area contributed by atoms with E-state index < -0.39 is 0 Å². The number of benzene rings is 2. The lowest BCUT2D eigenvalue weighted by Gasteiger charge is -2.07. The number of aryl methyl sites for hydroxylation is 1. The zero-order valence-corrected chi connectivity index (χ0v) is 14.4. The zero-order valence-electron chi connectivity index (χ0n) is 12.8. The Bertz CT molecular complexity index is 711. The van der Waals surface area contributed by atoms with Crippen molar-refractivity contribution in [1.29, 1.82) is 0 Å². The Hall–Kier alpha value is -2.40. The Morgan fingerprint density at radius 3 is 2.57 bits per heavy atom. The summed E-state index contributed by atoms with van der Waals surface area (Å²) in [6.45, 7) is 2.16. The summed E-state index contributed by atoms with van der Waals surface area (Å²) >= 11 is 3.39. The van der Waals surface area contributed by atoms with Crippen LogP contribution in [0.15, 0.2) is 64.2 Å². The maximum Gasteiger partial charge on any atom is 0.259 e. The molecule has 2 rings (SSSR count). The van der Waals surface area contributed by atoms with Gasteiger partial charge in [-0.25, -0.2) is 5.43 Å². The molecule has 0 atom stereocenters. The lowest BCUT2D eigenvalue weighted by atomic mass is 10.2. The third-order valence-electron chi connectivity index (χ3n) is 3.07. The highest BCUT2D eigenvalue weighted by molar-refractivity contribution is 9.12. The van der Waals surface area contributed by atoms with Crippen LogP contribution in [-0.2, 0) is 4.79 Å². The topological polar surface area (TPSA) is 53.5 Å². The molecule has 0 bridgehead atoms. The van der Waals surface area contributed by atoms with E-state index in [1.165, 1.54) is 0 Å². The molecule has 0 unspecified atom stereocenters. The Morgan fingerprint density at radius 1 is 1.13 bits per heavy atom. The molecule has 0 aliphatic rings. The molecular weight excluding hydrogens is 354 g/mol. The molecule has 0 saturated heterocycles. The van der Waals surface area contributed by atoms with Gasteiger partial charge < -0.3 is 5.32 Å². The van der Waals surface area contributed by atoms with Crippen molar-refractivity contribution in [3.63, 3.8) is 0 Å². The standard InChI is InChI=1S/C18H18BrN3O/c1-14-7-5-6-10-17(14)20-13-18(23)22-21-12-16(19)11-15-8-3-2-4-9-15/h2-12,20H,13H2,1H3,(H,22,23)/b16-11-,21-12?. The molecule has 0 saturated carbocycles. The number of carbonyl (C=O) groups excluding carboxylic acids is 1. The Morgan fingerprint density at radius 2 is 1.83 bits per heavy atom. The van der Waals surface area contributed by atoms with E-state index in [-0.39, 0.29) is 12.5 Å². The molecule has 5 heteroatoms. The lowest BCUT2D eigenvalue weighted by Crippen LogP contribution is -2.26. The molecule has 23 heavy (non-hydrogen) atoms. The second kappa shape index (κ2) is 8.90. The third kappa shape index (κ3) is 6.08. The number of amides is 1. The maximum absolute atomic E-state index is 11.7. The van der Waals surface area contributed by atoms with Crippen LogP contribution in [-0.4, -0.2) is 18.7 Å². The first kappa shape index (κ1) is 17.0. The van der Waals surface area contributed by atoms with Crippen LogP contribution in [0.5, 0.6) is 0 Å². The summed E-state index contributed by atoms with van der Waals surface area (Å²) < 4.78 is 0.774. The summed E-state index contributed by atoms with van der Waals surface area (Å²) in [7, 11) is 0. The van der Waals surface area contributed by atoms with E-state index in [0.717, 1.165) is 21.3 Å². The van der Waals surface area contributed by atoms with Crippen molar-refractivity contribution >= 4 is 39.8 Å². The van der Waals surface area contributed by atoms with Crippen LogP contribution in [0, 0.1) is 6.92 Å². The van der Waals surface area contributed by atoms with Gasteiger partial charge in [0.1, 0.15) is 0 Å². The monoisotopic (exact) mass is 371 g/mol. The van der Waals surface area contributed by atoms with E-state index in [4.69, 9.17) is 0 Å². The lowest BCUT2D eigenvalue weighted by molar-refractivity contribution is -0.119. The van der Waals surface area contributed by atoms with Crippen molar-refractivity contribution < 1.29 is 4.79 Å². The largest absolute Gasteiger partial charge is 0.376 e. The van der Waals surface area contributed by atoms with Crippen LogP contribution in [0.1, 0.15) is 11.1 Å². The SMILES string of the molecule is Cc1ccccc1NCC(=O)NN=C/C(Br)=C/c1ccccc1. The molecule has 0 spiro atoms. The molecule has 0 fully saturated rings. The number of hydrazone groups is 1.